The van der Waals surface area contributed by atoms with E-state index in [1.807, 2.05) is 6.07 Å². The number of carbonyl (C=O) groups excluding carboxylic acids is 1. The first-order chi connectivity index (χ1) is 10.4. The summed E-state index contributed by atoms with van der Waals surface area (Å²) < 4.78 is 11.5. The molecule has 1 saturated carbocycles. The molecule has 2 heterocycles. The van der Waals surface area contributed by atoms with Crippen molar-refractivity contribution in [3.05, 3.63) is 24.0 Å². The number of hydrogen-bond acceptors (Lipinski definition) is 6. The molecular weight excluding hydrogens is 284 g/mol. The summed E-state index contributed by atoms with van der Waals surface area (Å²) in [5, 5.41) is 10.8. The zero-order valence-electron chi connectivity index (χ0n) is 12.9. The first-order valence-corrected chi connectivity index (χ1v) is 7.64. The summed E-state index contributed by atoms with van der Waals surface area (Å²) in [6.45, 7) is 3.04. The van der Waals surface area contributed by atoms with Gasteiger partial charge in [-0.05, 0) is 31.7 Å². The SMILES string of the molecule is CC(=O)O[C@@H]1C[C@H](c2ccncc2N)O[C@H](C2CC2)[C@@]1(C)O. The van der Waals surface area contributed by atoms with Crippen LogP contribution in [0.5, 0.6) is 0 Å². The van der Waals surface area contributed by atoms with Crippen LogP contribution in [0.3, 0.4) is 0 Å². The van der Waals surface area contributed by atoms with Crippen molar-refractivity contribution in [2.45, 2.75) is 57.0 Å². The molecule has 22 heavy (non-hydrogen) atoms. The third-order valence-corrected chi connectivity index (χ3v) is 4.56. The van der Waals surface area contributed by atoms with Crippen molar-refractivity contribution in [2.75, 3.05) is 5.73 Å². The monoisotopic (exact) mass is 306 g/mol. The van der Waals surface area contributed by atoms with Crippen LogP contribution in [0.4, 0.5) is 5.69 Å². The van der Waals surface area contributed by atoms with Crippen molar-refractivity contribution in [2.24, 2.45) is 5.92 Å². The Kier molecular flexibility index (Phi) is 3.82. The number of nitrogen functional groups attached to an aromatic ring is 1. The molecule has 1 aromatic heterocycles. The van der Waals surface area contributed by atoms with Crippen LogP contribution in [-0.2, 0) is 14.3 Å². The first-order valence-electron chi connectivity index (χ1n) is 7.64. The minimum Gasteiger partial charge on any atom is -0.459 e. The molecule has 3 rings (SSSR count). The minimum atomic E-state index is -1.19. The molecule has 120 valence electrons. The normalized spacial score (nSPS) is 35.1. The summed E-state index contributed by atoms with van der Waals surface area (Å²) in [7, 11) is 0. The summed E-state index contributed by atoms with van der Waals surface area (Å²) in [5.41, 5.74) is 6.17. The molecular formula is C16H22N2O4. The first kappa shape index (κ1) is 15.2. The van der Waals surface area contributed by atoms with E-state index in [9.17, 15) is 9.90 Å². The number of rotatable bonds is 3. The van der Waals surface area contributed by atoms with Crippen molar-refractivity contribution >= 4 is 11.7 Å². The van der Waals surface area contributed by atoms with Crippen LogP contribution in [-0.4, -0.2) is 33.9 Å². The molecule has 0 radical (unpaired) electrons. The number of nitrogens with two attached hydrogens (primary N) is 1. The average molecular weight is 306 g/mol. The Morgan fingerprint density at radius 3 is 2.86 bits per heavy atom. The number of esters is 1. The van der Waals surface area contributed by atoms with Crippen molar-refractivity contribution < 1.29 is 19.4 Å². The van der Waals surface area contributed by atoms with Gasteiger partial charge < -0.3 is 20.3 Å². The lowest BCUT2D eigenvalue weighted by atomic mass is 9.81. The van der Waals surface area contributed by atoms with E-state index < -0.39 is 17.7 Å². The fourth-order valence-corrected chi connectivity index (χ4v) is 3.25. The third-order valence-electron chi connectivity index (χ3n) is 4.56. The van der Waals surface area contributed by atoms with Gasteiger partial charge in [0.05, 0.1) is 24.1 Å². The summed E-state index contributed by atoms with van der Waals surface area (Å²) >= 11 is 0. The lowest BCUT2D eigenvalue weighted by Crippen LogP contribution is -2.57. The van der Waals surface area contributed by atoms with E-state index in [0.717, 1.165) is 18.4 Å². The predicted octanol–water partition coefficient (Wildman–Crippen LogP) is 1.59. The number of aromatic nitrogens is 1. The van der Waals surface area contributed by atoms with Gasteiger partial charge in [0.1, 0.15) is 11.7 Å². The highest BCUT2D eigenvalue weighted by Crippen LogP contribution is 2.48. The van der Waals surface area contributed by atoms with E-state index in [4.69, 9.17) is 15.2 Å². The molecule has 2 fully saturated rings. The fourth-order valence-electron chi connectivity index (χ4n) is 3.25. The van der Waals surface area contributed by atoms with Crippen molar-refractivity contribution in [1.29, 1.82) is 0 Å². The number of anilines is 1. The zero-order valence-corrected chi connectivity index (χ0v) is 12.9. The molecule has 4 atom stereocenters. The number of nitrogens with zero attached hydrogens (tertiary/aromatic N) is 1. The van der Waals surface area contributed by atoms with E-state index >= 15 is 0 Å². The van der Waals surface area contributed by atoms with Gasteiger partial charge in [0.25, 0.3) is 0 Å². The molecule has 6 nitrogen and oxygen atoms in total. The molecule has 1 aliphatic heterocycles. The molecule has 6 heteroatoms. The summed E-state index contributed by atoms with van der Waals surface area (Å²) in [4.78, 5) is 15.4. The summed E-state index contributed by atoms with van der Waals surface area (Å²) in [6.07, 6.45) is 4.39. The van der Waals surface area contributed by atoms with E-state index in [1.165, 1.54) is 6.92 Å². The van der Waals surface area contributed by atoms with Gasteiger partial charge in [-0.2, -0.15) is 0 Å². The van der Waals surface area contributed by atoms with Gasteiger partial charge in [0.15, 0.2) is 0 Å². The Labute approximate surface area is 129 Å². The van der Waals surface area contributed by atoms with E-state index in [1.54, 1.807) is 19.3 Å². The van der Waals surface area contributed by atoms with E-state index in [2.05, 4.69) is 4.98 Å². The van der Waals surface area contributed by atoms with Crippen LogP contribution >= 0.6 is 0 Å². The highest BCUT2D eigenvalue weighted by atomic mass is 16.6. The summed E-state index contributed by atoms with van der Waals surface area (Å²) in [6, 6.07) is 1.81. The van der Waals surface area contributed by atoms with Crippen molar-refractivity contribution in [3.63, 3.8) is 0 Å². The van der Waals surface area contributed by atoms with Gasteiger partial charge in [-0.1, -0.05) is 0 Å². The van der Waals surface area contributed by atoms with Crippen LogP contribution < -0.4 is 5.73 Å². The molecule has 1 aromatic rings. The number of aliphatic hydroxyl groups is 1. The second-order valence-corrected chi connectivity index (χ2v) is 6.45. The molecule has 1 saturated heterocycles. The third kappa shape index (κ3) is 2.80. The largest absolute Gasteiger partial charge is 0.459 e. The second kappa shape index (κ2) is 5.52. The van der Waals surface area contributed by atoms with Gasteiger partial charge in [-0.25, -0.2) is 0 Å². The van der Waals surface area contributed by atoms with Crippen LogP contribution in [0.25, 0.3) is 0 Å². The molecule has 0 aromatic carbocycles. The van der Waals surface area contributed by atoms with Gasteiger partial charge >= 0.3 is 5.97 Å². The lowest BCUT2D eigenvalue weighted by molar-refractivity contribution is -0.237. The molecule has 0 unspecified atom stereocenters. The molecule has 2 aliphatic rings. The molecule has 0 bridgehead atoms. The maximum Gasteiger partial charge on any atom is 0.303 e. The molecule has 1 aliphatic carbocycles. The lowest BCUT2D eigenvalue weighted by Gasteiger charge is -2.46. The topological polar surface area (TPSA) is 94.7 Å². The highest BCUT2D eigenvalue weighted by molar-refractivity contribution is 5.66. The Balaban J connectivity index is 1.90. The summed E-state index contributed by atoms with van der Waals surface area (Å²) in [5.74, 6) is -0.0953. The minimum absolute atomic E-state index is 0.305. The van der Waals surface area contributed by atoms with E-state index in [-0.39, 0.29) is 12.2 Å². The number of carbonyl (C=O) groups is 1. The van der Waals surface area contributed by atoms with Gasteiger partial charge in [0, 0.05) is 25.1 Å². The van der Waals surface area contributed by atoms with Crippen LogP contribution in [0.1, 0.15) is 44.8 Å². The van der Waals surface area contributed by atoms with Crippen LogP contribution in [0.15, 0.2) is 18.5 Å². The van der Waals surface area contributed by atoms with Crippen LogP contribution in [0.2, 0.25) is 0 Å². The van der Waals surface area contributed by atoms with Gasteiger partial charge in [-0.3, -0.25) is 9.78 Å². The Hall–Kier alpha value is -1.66. The Bertz CT molecular complexity index is 571. The number of hydrogen-bond donors (Lipinski definition) is 2. The Morgan fingerprint density at radius 1 is 1.55 bits per heavy atom. The van der Waals surface area contributed by atoms with Gasteiger partial charge in [0.2, 0.25) is 0 Å². The van der Waals surface area contributed by atoms with E-state index in [0.29, 0.717) is 18.0 Å². The maximum absolute atomic E-state index is 11.4. The van der Waals surface area contributed by atoms with Crippen LogP contribution in [0, 0.1) is 5.92 Å². The Morgan fingerprint density at radius 2 is 2.27 bits per heavy atom. The van der Waals surface area contributed by atoms with Crippen molar-refractivity contribution in [3.8, 4) is 0 Å². The zero-order chi connectivity index (χ0) is 15.9. The quantitative estimate of drug-likeness (QED) is 0.823. The fraction of sp³-hybridized carbons (Fsp3) is 0.625. The molecule has 3 N–H and O–H groups in total. The standard InChI is InChI=1S/C16H22N2O4/c1-9(19)21-14-7-13(11-5-6-18-8-12(11)17)22-15(10-3-4-10)16(14,2)20/h5-6,8,10,13-15,20H,3-4,7,17H2,1-2H3/t13-,14-,15-,16+/m1/s1. The van der Waals surface area contributed by atoms with Gasteiger partial charge in [-0.15, -0.1) is 0 Å². The highest BCUT2D eigenvalue weighted by Gasteiger charge is 2.54. The smallest absolute Gasteiger partial charge is 0.303 e. The molecule has 0 amide bonds. The molecule has 0 spiro atoms. The van der Waals surface area contributed by atoms with Crippen molar-refractivity contribution in [1.82, 2.24) is 4.98 Å². The predicted molar refractivity (Wildman–Crippen MR) is 79.8 cm³/mol. The number of ether oxygens (including phenoxy) is 2. The second-order valence-electron chi connectivity index (χ2n) is 6.45. The maximum atomic E-state index is 11.4. The number of pyridine rings is 1. The average Bonchev–Trinajstić information content (AvgIpc) is 3.25.